The van der Waals surface area contributed by atoms with Crippen LogP contribution in [0.2, 0.25) is 0 Å². The number of urea groups is 1. The average molecular weight is 301 g/mol. The molecule has 0 bridgehead atoms. The van der Waals surface area contributed by atoms with Crippen LogP contribution in [0.3, 0.4) is 0 Å². The lowest BCUT2D eigenvalue weighted by Gasteiger charge is -2.10. The first-order valence-electron chi connectivity index (χ1n) is 5.83. The van der Waals surface area contributed by atoms with Gasteiger partial charge < -0.3 is 21.1 Å². The van der Waals surface area contributed by atoms with Crippen molar-refractivity contribution in [3.05, 3.63) is 29.3 Å². The molecule has 0 aliphatic heterocycles. The lowest BCUT2D eigenvalue weighted by atomic mass is 10.1. The Morgan fingerprint density at radius 1 is 1.10 bits per heavy atom. The molecule has 114 valence electrons. The van der Waals surface area contributed by atoms with Crippen LogP contribution in [0.5, 0.6) is 0 Å². The maximum Gasteiger partial charge on any atom is 0.337 e. The van der Waals surface area contributed by atoms with Crippen LogP contribution in [0.1, 0.15) is 17.3 Å². The van der Waals surface area contributed by atoms with Crippen molar-refractivity contribution in [1.82, 2.24) is 10.6 Å². The molecule has 1 rings (SSSR count). The van der Waals surface area contributed by atoms with E-state index in [4.69, 9.17) is 5.11 Å². The number of carboxylic acids is 1. The van der Waals surface area contributed by atoms with Crippen LogP contribution < -0.4 is 16.0 Å². The minimum Gasteiger partial charge on any atom is -0.478 e. The standard InChI is InChI=1S/C12H13F2N3O4/c1-6(18)15-2-3-16-12(21)17-10-5-9(14)8(13)4-7(10)11(19)20/h4-5H,2-3H2,1H3,(H,15,18)(H,19,20)(H2,16,17,21). The number of benzene rings is 1. The monoisotopic (exact) mass is 301 g/mol. The Morgan fingerprint density at radius 2 is 1.67 bits per heavy atom. The molecule has 0 heterocycles. The number of nitrogens with one attached hydrogen (secondary N) is 3. The lowest BCUT2D eigenvalue weighted by molar-refractivity contribution is -0.118. The molecule has 1 aromatic rings. The Labute approximate surface area is 118 Å². The molecule has 3 amide bonds. The second kappa shape index (κ2) is 7.17. The van der Waals surface area contributed by atoms with Crippen LogP contribution in [-0.2, 0) is 4.79 Å². The molecule has 0 unspecified atom stereocenters. The van der Waals surface area contributed by atoms with Crippen LogP contribution in [0.25, 0.3) is 0 Å². The molecule has 0 saturated carbocycles. The predicted octanol–water partition coefficient (Wildman–Crippen LogP) is 0.921. The quantitative estimate of drug-likeness (QED) is 0.606. The summed E-state index contributed by atoms with van der Waals surface area (Å²) in [6.07, 6.45) is 0. The molecule has 7 nitrogen and oxygen atoms in total. The highest BCUT2D eigenvalue weighted by Gasteiger charge is 2.16. The number of amides is 3. The first-order chi connectivity index (χ1) is 9.81. The summed E-state index contributed by atoms with van der Waals surface area (Å²) in [5.41, 5.74) is -0.954. The van der Waals surface area contributed by atoms with Gasteiger partial charge >= 0.3 is 12.0 Å². The molecule has 0 saturated heterocycles. The summed E-state index contributed by atoms with van der Waals surface area (Å²) in [4.78, 5) is 33.0. The molecule has 0 aliphatic carbocycles. The molecule has 0 spiro atoms. The molecule has 21 heavy (non-hydrogen) atoms. The number of rotatable bonds is 5. The van der Waals surface area contributed by atoms with Crippen molar-refractivity contribution in [3.8, 4) is 0 Å². The van der Waals surface area contributed by atoms with Crippen LogP contribution in [-0.4, -0.2) is 36.1 Å². The Kier molecular flexibility index (Phi) is 5.58. The van der Waals surface area contributed by atoms with Crippen molar-refractivity contribution >= 4 is 23.6 Å². The fourth-order valence-electron chi connectivity index (χ4n) is 1.41. The number of carbonyl (C=O) groups excluding carboxylic acids is 2. The summed E-state index contributed by atoms with van der Waals surface area (Å²) in [5.74, 6) is -4.40. The summed E-state index contributed by atoms with van der Waals surface area (Å²) in [5, 5.41) is 15.7. The summed E-state index contributed by atoms with van der Waals surface area (Å²) < 4.78 is 26.1. The normalized spacial score (nSPS) is 9.86. The third kappa shape index (κ3) is 5.05. The summed E-state index contributed by atoms with van der Waals surface area (Å²) in [6, 6.07) is 0.241. The number of hydrogen-bond donors (Lipinski definition) is 4. The maximum absolute atomic E-state index is 13.1. The molecule has 4 N–H and O–H groups in total. The minimum atomic E-state index is -1.51. The van der Waals surface area contributed by atoms with E-state index in [0.29, 0.717) is 12.1 Å². The summed E-state index contributed by atoms with van der Waals surface area (Å²) in [6.45, 7) is 1.56. The van der Waals surface area contributed by atoms with E-state index in [1.165, 1.54) is 6.92 Å². The molecular weight excluding hydrogens is 288 g/mol. The van der Waals surface area contributed by atoms with Gasteiger partial charge in [0.05, 0.1) is 11.3 Å². The highest BCUT2D eigenvalue weighted by molar-refractivity contribution is 6.00. The summed E-state index contributed by atoms with van der Waals surface area (Å²) >= 11 is 0. The van der Waals surface area contributed by atoms with Crippen LogP contribution in [0.4, 0.5) is 19.3 Å². The molecule has 0 atom stereocenters. The zero-order chi connectivity index (χ0) is 16.0. The van der Waals surface area contributed by atoms with Crippen molar-refractivity contribution in [2.75, 3.05) is 18.4 Å². The van der Waals surface area contributed by atoms with E-state index >= 15 is 0 Å². The molecule has 1 aromatic carbocycles. The fraction of sp³-hybridized carbons (Fsp3) is 0.250. The smallest absolute Gasteiger partial charge is 0.337 e. The molecule has 9 heteroatoms. The third-order valence-corrected chi connectivity index (χ3v) is 2.32. The van der Waals surface area contributed by atoms with E-state index in [0.717, 1.165) is 0 Å². The lowest BCUT2D eigenvalue weighted by Crippen LogP contribution is -2.36. The van der Waals surface area contributed by atoms with E-state index < -0.39 is 29.2 Å². The topological polar surface area (TPSA) is 108 Å². The van der Waals surface area contributed by atoms with E-state index in [9.17, 15) is 23.2 Å². The van der Waals surface area contributed by atoms with Gasteiger partial charge in [0.2, 0.25) is 5.91 Å². The van der Waals surface area contributed by atoms with E-state index in [2.05, 4.69) is 16.0 Å². The van der Waals surface area contributed by atoms with Crippen molar-refractivity contribution in [1.29, 1.82) is 0 Å². The first kappa shape index (κ1) is 16.3. The van der Waals surface area contributed by atoms with Gasteiger partial charge in [-0.3, -0.25) is 4.79 Å². The van der Waals surface area contributed by atoms with Crippen LogP contribution >= 0.6 is 0 Å². The minimum absolute atomic E-state index is 0.0808. The van der Waals surface area contributed by atoms with Gasteiger partial charge in [0.15, 0.2) is 11.6 Å². The van der Waals surface area contributed by atoms with E-state index in [1.807, 2.05) is 0 Å². The van der Waals surface area contributed by atoms with E-state index in [-0.39, 0.29) is 24.7 Å². The Balaban J connectivity index is 2.69. The van der Waals surface area contributed by atoms with Gasteiger partial charge in [0.25, 0.3) is 0 Å². The zero-order valence-corrected chi connectivity index (χ0v) is 11.0. The van der Waals surface area contributed by atoms with Gasteiger partial charge in [-0.05, 0) is 6.07 Å². The van der Waals surface area contributed by atoms with Gasteiger partial charge in [0.1, 0.15) is 0 Å². The van der Waals surface area contributed by atoms with Crippen molar-refractivity contribution < 1.29 is 28.3 Å². The first-order valence-corrected chi connectivity index (χ1v) is 5.83. The van der Waals surface area contributed by atoms with Gasteiger partial charge in [-0.15, -0.1) is 0 Å². The number of carboxylic acid groups (broad SMARTS) is 1. The Morgan fingerprint density at radius 3 is 2.24 bits per heavy atom. The molecule has 0 fully saturated rings. The SMILES string of the molecule is CC(=O)NCCNC(=O)Nc1cc(F)c(F)cc1C(=O)O. The molecule has 0 aliphatic rings. The van der Waals surface area contributed by atoms with Crippen molar-refractivity contribution in [3.63, 3.8) is 0 Å². The number of carbonyl (C=O) groups is 3. The van der Waals surface area contributed by atoms with Gasteiger partial charge in [-0.25, -0.2) is 18.4 Å². The summed E-state index contributed by atoms with van der Waals surface area (Å²) in [7, 11) is 0. The van der Waals surface area contributed by atoms with Gasteiger partial charge in [-0.2, -0.15) is 0 Å². The number of anilines is 1. The van der Waals surface area contributed by atoms with E-state index in [1.54, 1.807) is 0 Å². The number of aromatic carboxylic acids is 1. The fourth-order valence-corrected chi connectivity index (χ4v) is 1.41. The van der Waals surface area contributed by atoms with Crippen molar-refractivity contribution in [2.24, 2.45) is 0 Å². The Hall–Kier alpha value is -2.71. The largest absolute Gasteiger partial charge is 0.478 e. The second-order valence-electron chi connectivity index (χ2n) is 3.98. The number of hydrogen-bond acceptors (Lipinski definition) is 3. The van der Waals surface area contributed by atoms with Crippen LogP contribution in [0, 0.1) is 11.6 Å². The highest BCUT2D eigenvalue weighted by atomic mass is 19.2. The van der Waals surface area contributed by atoms with Crippen LogP contribution in [0.15, 0.2) is 12.1 Å². The average Bonchev–Trinajstić information content (AvgIpc) is 2.38. The van der Waals surface area contributed by atoms with Crippen molar-refractivity contribution in [2.45, 2.75) is 6.92 Å². The maximum atomic E-state index is 13.1. The molecule has 0 radical (unpaired) electrons. The molecular formula is C12H13F2N3O4. The second-order valence-corrected chi connectivity index (χ2v) is 3.98. The highest BCUT2D eigenvalue weighted by Crippen LogP contribution is 2.20. The number of halogens is 2. The van der Waals surface area contributed by atoms with Gasteiger partial charge in [0, 0.05) is 26.1 Å². The van der Waals surface area contributed by atoms with Gasteiger partial charge in [-0.1, -0.05) is 0 Å². The predicted molar refractivity (Wildman–Crippen MR) is 69.0 cm³/mol. The Bertz CT molecular complexity index is 578. The third-order valence-electron chi connectivity index (χ3n) is 2.32. The molecule has 0 aromatic heterocycles. The zero-order valence-electron chi connectivity index (χ0n) is 11.0.